The van der Waals surface area contributed by atoms with Gasteiger partial charge in [-0.3, -0.25) is 0 Å². The first-order valence-electron chi connectivity index (χ1n) is 4.40. The Kier molecular flexibility index (Phi) is 1.88. The molecule has 0 amide bonds. The Morgan fingerprint density at radius 3 is 2.77 bits per heavy atom. The van der Waals surface area contributed by atoms with Crippen molar-refractivity contribution in [3.8, 4) is 11.5 Å². The van der Waals surface area contributed by atoms with Gasteiger partial charge in [0.05, 0.1) is 0 Å². The van der Waals surface area contributed by atoms with Gasteiger partial charge in [-0.2, -0.15) is 0 Å². The van der Waals surface area contributed by atoms with E-state index in [9.17, 15) is 10.2 Å². The summed E-state index contributed by atoms with van der Waals surface area (Å²) >= 11 is 0. The second-order valence-corrected chi connectivity index (χ2v) is 3.37. The highest BCUT2D eigenvalue weighted by molar-refractivity contribution is 5.47. The lowest BCUT2D eigenvalue weighted by molar-refractivity contribution is 0.399. The van der Waals surface area contributed by atoms with E-state index in [0.29, 0.717) is 0 Å². The van der Waals surface area contributed by atoms with Gasteiger partial charge in [0.2, 0.25) is 0 Å². The Bertz CT molecular complexity index is 336. The molecule has 69 valence electrons. The number of phenols is 2. The Hall–Kier alpha value is -1.22. The Balaban J connectivity index is 2.52. The maximum Gasteiger partial charge on any atom is 0.157 e. The Morgan fingerprint density at radius 2 is 2.00 bits per heavy atom. The van der Waals surface area contributed by atoms with Crippen LogP contribution in [-0.2, 0) is 6.42 Å². The van der Waals surface area contributed by atoms with Crippen molar-refractivity contribution in [2.45, 2.75) is 19.4 Å². The van der Waals surface area contributed by atoms with Crippen LogP contribution in [0.15, 0.2) is 12.1 Å². The molecule has 1 heterocycles. The summed E-state index contributed by atoms with van der Waals surface area (Å²) in [4.78, 5) is 0. The highest BCUT2D eigenvalue weighted by Gasteiger charge is 2.18. The zero-order valence-corrected chi connectivity index (χ0v) is 7.49. The summed E-state index contributed by atoms with van der Waals surface area (Å²) in [5.41, 5.74) is 2.12. The van der Waals surface area contributed by atoms with Gasteiger partial charge in [-0.05, 0) is 36.6 Å². The number of phenolic OH excluding ortho intramolecular Hbond substituents is 2. The van der Waals surface area contributed by atoms with Crippen LogP contribution in [0.3, 0.4) is 0 Å². The van der Waals surface area contributed by atoms with Crippen LogP contribution >= 0.6 is 0 Å². The van der Waals surface area contributed by atoms with E-state index in [-0.39, 0.29) is 17.5 Å². The molecule has 2 N–H and O–H groups in total. The largest absolute Gasteiger partial charge is 0.504 e. The average molecular weight is 178 g/mol. The molecule has 0 aromatic heterocycles. The number of rotatable bonds is 0. The predicted molar refractivity (Wildman–Crippen MR) is 48.9 cm³/mol. The van der Waals surface area contributed by atoms with Crippen molar-refractivity contribution in [1.82, 2.24) is 5.32 Å². The molecule has 0 spiro atoms. The molecule has 1 unspecified atom stereocenters. The molecule has 3 nitrogen and oxygen atoms in total. The lowest BCUT2D eigenvalue weighted by Gasteiger charge is -2.22. The first-order valence-corrected chi connectivity index (χ1v) is 4.40. The molecule has 3 heteroatoms. The number of benzene rings is 1. The first-order chi connectivity index (χ1) is 6.18. The van der Waals surface area contributed by atoms with Crippen LogP contribution in [0.4, 0.5) is 0 Å². The molecule has 0 aliphatic carbocycles. The standard InChI is InChI=1S/C10H12NO2/c1-6-8-5-10(13)9(12)4-7(8)2-3-11-6/h4-6,12-13H,2-3H2,1H3. The van der Waals surface area contributed by atoms with E-state index in [0.717, 1.165) is 24.1 Å². The molecule has 1 aliphatic rings. The number of nitrogens with zero attached hydrogens (tertiary/aromatic N) is 1. The smallest absolute Gasteiger partial charge is 0.157 e. The summed E-state index contributed by atoms with van der Waals surface area (Å²) in [6.07, 6.45) is 0.855. The van der Waals surface area contributed by atoms with Gasteiger partial charge in [0.25, 0.3) is 0 Å². The molecule has 0 saturated heterocycles. The van der Waals surface area contributed by atoms with Crippen LogP contribution in [0.1, 0.15) is 24.1 Å². The molecule has 1 aromatic rings. The maximum atomic E-state index is 9.30. The summed E-state index contributed by atoms with van der Waals surface area (Å²) < 4.78 is 0. The summed E-state index contributed by atoms with van der Waals surface area (Å²) in [6.45, 7) is 2.80. The number of aromatic hydroxyl groups is 2. The molecule has 13 heavy (non-hydrogen) atoms. The van der Waals surface area contributed by atoms with Gasteiger partial charge in [-0.1, -0.05) is 0 Å². The Labute approximate surface area is 77.0 Å². The first kappa shape index (κ1) is 8.38. The lowest BCUT2D eigenvalue weighted by Crippen LogP contribution is -2.21. The molecule has 1 aromatic carbocycles. The summed E-state index contributed by atoms with van der Waals surface area (Å²) in [6, 6.07) is 3.38. The van der Waals surface area contributed by atoms with E-state index in [2.05, 4.69) is 5.32 Å². The molecule has 0 fully saturated rings. The molecular formula is C10H12NO2. The normalized spacial score (nSPS) is 21.2. The molecule has 2 rings (SSSR count). The molecular weight excluding hydrogens is 166 g/mol. The molecule has 1 atom stereocenters. The quantitative estimate of drug-likeness (QED) is 0.589. The van der Waals surface area contributed by atoms with Crippen LogP contribution < -0.4 is 5.32 Å². The number of fused-ring (bicyclic) bond motifs is 1. The van der Waals surface area contributed by atoms with Crippen molar-refractivity contribution < 1.29 is 10.2 Å². The van der Waals surface area contributed by atoms with Gasteiger partial charge in [-0.15, -0.1) is 0 Å². The fraction of sp³-hybridized carbons (Fsp3) is 0.400. The van der Waals surface area contributed by atoms with Crippen molar-refractivity contribution >= 4 is 0 Å². The average Bonchev–Trinajstić information content (AvgIpc) is 2.09. The van der Waals surface area contributed by atoms with E-state index in [1.165, 1.54) is 0 Å². The van der Waals surface area contributed by atoms with Gasteiger partial charge < -0.3 is 10.2 Å². The van der Waals surface area contributed by atoms with E-state index in [1.54, 1.807) is 12.1 Å². The van der Waals surface area contributed by atoms with Crippen molar-refractivity contribution in [2.24, 2.45) is 0 Å². The highest BCUT2D eigenvalue weighted by atomic mass is 16.3. The van der Waals surface area contributed by atoms with E-state index >= 15 is 0 Å². The van der Waals surface area contributed by atoms with Gasteiger partial charge in [-0.25, -0.2) is 5.32 Å². The minimum Gasteiger partial charge on any atom is -0.504 e. The van der Waals surface area contributed by atoms with Crippen LogP contribution in [0, 0.1) is 0 Å². The summed E-state index contributed by atoms with van der Waals surface area (Å²) in [7, 11) is 0. The SMILES string of the molecule is CC1[N]CCc2cc(O)c(O)cc21. The third-order valence-corrected chi connectivity index (χ3v) is 2.47. The van der Waals surface area contributed by atoms with Gasteiger partial charge in [0.1, 0.15) is 0 Å². The topological polar surface area (TPSA) is 54.6 Å². The van der Waals surface area contributed by atoms with Crippen molar-refractivity contribution in [3.05, 3.63) is 23.3 Å². The lowest BCUT2D eigenvalue weighted by atomic mass is 9.95. The third-order valence-electron chi connectivity index (χ3n) is 2.47. The number of hydrogen-bond donors (Lipinski definition) is 2. The van der Waals surface area contributed by atoms with Crippen molar-refractivity contribution in [1.29, 1.82) is 0 Å². The van der Waals surface area contributed by atoms with E-state index < -0.39 is 0 Å². The fourth-order valence-corrected chi connectivity index (χ4v) is 1.72. The molecule has 1 radical (unpaired) electrons. The van der Waals surface area contributed by atoms with Crippen LogP contribution in [0.2, 0.25) is 0 Å². The van der Waals surface area contributed by atoms with Crippen LogP contribution in [0.25, 0.3) is 0 Å². The zero-order chi connectivity index (χ0) is 9.42. The van der Waals surface area contributed by atoms with Crippen LogP contribution in [0.5, 0.6) is 11.5 Å². The molecule has 1 aliphatic heterocycles. The minimum absolute atomic E-state index is 0.0344. The number of hydrogen-bond acceptors (Lipinski definition) is 2. The van der Waals surface area contributed by atoms with Gasteiger partial charge in [0, 0.05) is 12.6 Å². The Morgan fingerprint density at radius 1 is 1.31 bits per heavy atom. The van der Waals surface area contributed by atoms with Crippen LogP contribution in [-0.4, -0.2) is 16.8 Å². The monoisotopic (exact) mass is 178 g/mol. The van der Waals surface area contributed by atoms with E-state index in [4.69, 9.17) is 0 Å². The second kappa shape index (κ2) is 2.92. The van der Waals surface area contributed by atoms with Gasteiger partial charge >= 0.3 is 0 Å². The maximum absolute atomic E-state index is 9.30. The third kappa shape index (κ3) is 1.35. The summed E-state index contributed by atoms with van der Waals surface area (Å²) in [5.74, 6) is -0.0875. The van der Waals surface area contributed by atoms with Crippen molar-refractivity contribution in [2.75, 3.05) is 6.54 Å². The van der Waals surface area contributed by atoms with Crippen molar-refractivity contribution in [3.63, 3.8) is 0 Å². The summed E-state index contributed by atoms with van der Waals surface area (Å²) in [5, 5.41) is 22.9. The fourth-order valence-electron chi connectivity index (χ4n) is 1.72. The zero-order valence-electron chi connectivity index (χ0n) is 7.49. The second-order valence-electron chi connectivity index (χ2n) is 3.37. The highest BCUT2D eigenvalue weighted by Crippen LogP contribution is 2.33. The van der Waals surface area contributed by atoms with E-state index in [1.807, 2.05) is 6.92 Å². The molecule has 0 saturated carbocycles. The van der Waals surface area contributed by atoms with Gasteiger partial charge in [0.15, 0.2) is 11.5 Å². The predicted octanol–water partition coefficient (Wildman–Crippen LogP) is 1.32. The minimum atomic E-state index is -0.0531. The molecule has 0 bridgehead atoms.